The summed E-state index contributed by atoms with van der Waals surface area (Å²) in [6, 6.07) is 13.6. The maximum atomic E-state index is 13.2. The van der Waals surface area contributed by atoms with Crippen molar-refractivity contribution in [2.45, 2.75) is 50.6 Å². The Labute approximate surface area is 222 Å². The fraction of sp³-hybridized carbons (Fsp3) is 0.464. The Bertz CT molecular complexity index is 1080. The number of carbonyl (C=O) groups is 3. The van der Waals surface area contributed by atoms with Gasteiger partial charge in [0.1, 0.15) is 11.5 Å². The van der Waals surface area contributed by atoms with E-state index in [1.807, 2.05) is 0 Å². The van der Waals surface area contributed by atoms with E-state index < -0.39 is 0 Å². The number of methoxy groups -OCH3 is 1. The summed E-state index contributed by atoms with van der Waals surface area (Å²) in [7, 11) is 1.58. The van der Waals surface area contributed by atoms with Crippen molar-refractivity contribution >= 4 is 29.3 Å². The predicted molar refractivity (Wildman–Crippen MR) is 141 cm³/mol. The van der Waals surface area contributed by atoms with E-state index in [4.69, 9.17) is 21.1 Å². The lowest BCUT2D eigenvalue weighted by atomic mass is 9.88. The average Bonchev–Trinajstić information content (AvgIpc) is 2.93. The van der Waals surface area contributed by atoms with Gasteiger partial charge in [0.2, 0.25) is 5.91 Å². The molecule has 9 heteroatoms. The highest BCUT2D eigenvalue weighted by Gasteiger charge is 2.33. The molecule has 1 saturated carbocycles. The van der Waals surface area contributed by atoms with Crippen molar-refractivity contribution in [3.8, 4) is 11.5 Å². The van der Waals surface area contributed by atoms with Gasteiger partial charge in [-0.15, -0.1) is 0 Å². The number of hydrogen-bond donors (Lipinski definition) is 2. The van der Waals surface area contributed by atoms with Crippen molar-refractivity contribution in [2.75, 3.05) is 26.8 Å². The van der Waals surface area contributed by atoms with E-state index in [0.29, 0.717) is 35.2 Å². The van der Waals surface area contributed by atoms with Gasteiger partial charge < -0.3 is 25.0 Å². The Hall–Kier alpha value is -3.26. The lowest BCUT2D eigenvalue weighted by Gasteiger charge is -2.36. The van der Waals surface area contributed by atoms with Crippen LogP contribution in [0.2, 0.25) is 5.02 Å². The third-order valence-corrected chi connectivity index (χ3v) is 7.34. The van der Waals surface area contributed by atoms with E-state index in [-0.39, 0.29) is 42.3 Å². The van der Waals surface area contributed by atoms with Crippen molar-refractivity contribution in [1.29, 1.82) is 0 Å². The summed E-state index contributed by atoms with van der Waals surface area (Å²) in [5.41, 5.74) is 0.554. The Morgan fingerprint density at radius 2 is 1.54 bits per heavy atom. The molecule has 2 fully saturated rings. The first-order chi connectivity index (χ1) is 17.9. The molecule has 1 aliphatic carbocycles. The molecule has 1 heterocycles. The van der Waals surface area contributed by atoms with Crippen LogP contribution in [0.5, 0.6) is 11.5 Å². The van der Waals surface area contributed by atoms with Gasteiger partial charge in [-0.05, 0) is 74.2 Å². The van der Waals surface area contributed by atoms with Gasteiger partial charge in [-0.2, -0.15) is 0 Å². The molecular weight excluding hydrogens is 494 g/mol. The largest absolute Gasteiger partial charge is 0.497 e. The van der Waals surface area contributed by atoms with Crippen molar-refractivity contribution in [1.82, 2.24) is 15.5 Å². The number of amides is 3. The first-order valence-corrected chi connectivity index (χ1v) is 13.2. The minimum atomic E-state index is -0.284. The summed E-state index contributed by atoms with van der Waals surface area (Å²) in [6.45, 7) is 0.888. The van der Waals surface area contributed by atoms with Gasteiger partial charge in [0.05, 0.1) is 13.0 Å². The van der Waals surface area contributed by atoms with Crippen molar-refractivity contribution in [3.05, 3.63) is 59.1 Å². The van der Waals surface area contributed by atoms with E-state index in [0.717, 1.165) is 38.5 Å². The molecule has 0 radical (unpaired) electrons. The van der Waals surface area contributed by atoms with Crippen molar-refractivity contribution in [3.63, 3.8) is 0 Å². The molecule has 198 valence electrons. The fourth-order valence-electron chi connectivity index (χ4n) is 4.96. The van der Waals surface area contributed by atoms with Crippen molar-refractivity contribution in [2.24, 2.45) is 5.92 Å². The Balaban J connectivity index is 1.29. The molecule has 2 aromatic rings. The van der Waals surface area contributed by atoms with Gasteiger partial charge in [-0.25, -0.2) is 0 Å². The monoisotopic (exact) mass is 527 g/mol. The lowest BCUT2D eigenvalue weighted by Crippen LogP contribution is -2.55. The number of halogens is 1. The summed E-state index contributed by atoms with van der Waals surface area (Å²) in [5, 5.41) is 6.89. The molecule has 0 unspecified atom stereocenters. The van der Waals surface area contributed by atoms with E-state index in [2.05, 4.69) is 10.6 Å². The predicted octanol–water partition coefficient (Wildman–Crippen LogP) is 3.82. The minimum Gasteiger partial charge on any atom is -0.497 e. The zero-order chi connectivity index (χ0) is 26.2. The summed E-state index contributed by atoms with van der Waals surface area (Å²) in [4.78, 5) is 40.4. The number of ether oxygens (including phenoxy) is 2. The van der Waals surface area contributed by atoms with Crippen LogP contribution in [0.25, 0.3) is 0 Å². The Morgan fingerprint density at radius 3 is 2.22 bits per heavy atom. The van der Waals surface area contributed by atoms with E-state index >= 15 is 0 Å². The number of nitrogens with zero attached hydrogens (tertiary/aromatic N) is 1. The zero-order valence-corrected chi connectivity index (χ0v) is 21.8. The second-order valence-electron chi connectivity index (χ2n) is 9.63. The maximum Gasteiger partial charge on any atom is 0.260 e. The first kappa shape index (κ1) is 26.8. The molecule has 37 heavy (non-hydrogen) atoms. The average molecular weight is 528 g/mol. The molecule has 3 amide bonds. The molecule has 3 atom stereocenters. The second kappa shape index (κ2) is 12.8. The van der Waals surface area contributed by atoms with Gasteiger partial charge >= 0.3 is 0 Å². The van der Waals surface area contributed by atoms with Gasteiger partial charge in [0.15, 0.2) is 6.61 Å². The SMILES string of the molecule is COc1ccc(C(=O)N[C@@H]2CCCC[C@H]2NC(=O)[C@@H]2CCCN(C(=O)COc3ccc(Cl)cc3)C2)cc1. The number of likely N-dealkylation sites (tertiary alicyclic amines) is 1. The summed E-state index contributed by atoms with van der Waals surface area (Å²) >= 11 is 5.89. The molecular formula is C28H34ClN3O5. The van der Waals surface area contributed by atoms with Crippen LogP contribution in [0.3, 0.4) is 0 Å². The highest BCUT2D eigenvalue weighted by Crippen LogP contribution is 2.23. The number of carbonyl (C=O) groups excluding carboxylic acids is 3. The maximum absolute atomic E-state index is 13.2. The molecule has 8 nitrogen and oxygen atoms in total. The fourth-order valence-corrected chi connectivity index (χ4v) is 5.08. The summed E-state index contributed by atoms with van der Waals surface area (Å²) < 4.78 is 10.8. The zero-order valence-electron chi connectivity index (χ0n) is 21.1. The quantitative estimate of drug-likeness (QED) is 0.544. The van der Waals surface area contributed by atoms with E-state index in [1.165, 1.54) is 0 Å². The molecule has 2 aromatic carbocycles. The van der Waals surface area contributed by atoms with Crippen LogP contribution < -0.4 is 20.1 Å². The number of nitrogens with one attached hydrogen (secondary N) is 2. The molecule has 4 rings (SSSR count). The highest BCUT2D eigenvalue weighted by atomic mass is 35.5. The standard InChI is InChI=1S/C28H34ClN3O5/c1-36-22-12-8-19(9-13-22)27(34)30-24-6-2-3-7-25(24)31-28(35)20-5-4-16-32(17-20)26(33)18-37-23-14-10-21(29)11-15-23/h8-15,20,24-25H,2-7,16-18H2,1H3,(H,30,34)(H,31,35)/t20-,24-,25-/m1/s1. The number of piperidine rings is 1. The molecule has 0 bridgehead atoms. The van der Waals surface area contributed by atoms with Gasteiger partial charge in [0.25, 0.3) is 11.8 Å². The Kier molecular flexibility index (Phi) is 9.28. The van der Waals surface area contributed by atoms with Crippen LogP contribution in [0, 0.1) is 5.92 Å². The van der Waals surface area contributed by atoms with Crippen LogP contribution in [0.1, 0.15) is 48.9 Å². The summed E-state index contributed by atoms with van der Waals surface area (Å²) in [5.74, 6) is 0.610. The lowest BCUT2D eigenvalue weighted by molar-refractivity contribution is -0.137. The minimum absolute atomic E-state index is 0.0632. The third-order valence-electron chi connectivity index (χ3n) is 7.08. The molecule has 2 aliphatic rings. The Morgan fingerprint density at radius 1 is 0.892 bits per heavy atom. The topological polar surface area (TPSA) is 97.0 Å². The molecule has 1 aliphatic heterocycles. The van der Waals surface area contributed by atoms with Gasteiger partial charge in [0, 0.05) is 35.8 Å². The van der Waals surface area contributed by atoms with Crippen LogP contribution in [0.4, 0.5) is 0 Å². The molecule has 0 aromatic heterocycles. The molecule has 1 saturated heterocycles. The number of rotatable bonds is 8. The van der Waals surface area contributed by atoms with Gasteiger partial charge in [-0.1, -0.05) is 24.4 Å². The normalized spacial score (nSPS) is 21.6. The smallest absolute Gasteiger partial charge is 0.260 e. The number of hydrogen-bond acceptors (Lipinski definition) is 5. The van der Waals surface area contributed by atoms with Crippen LogP contribution in [-0.4, -0.2) is 61.5 Å². The third kappa shape index (κ3) is 7.38. The van der Waals surface area contributed by atoms with Crippen molar-refractivity contribution < 1.29 is 23.9 Å². The highest BCUT2D eigenvalue weighted by molar-refractivity contribution is 6.30. The van der Waals surface area contributed by atoms with E-state index in [9.17, 15) is 14.4 Å². The first-order valence-electron chi connectivity index (χ1n) is 12.8. The summed E-state index contributed by atoms with van der Waals surface area (Å²) in [6.07, 6.45) is 5.10. The van der Waals surface area contributed by atoms with E-state index in [1.54, 1.807) is 60.5 Å². The molecule has 0 spiro atoms. The van der Waals surface area contributed by atoms with Crippen LogP contribution >= 0.6 is 11.6 Å². The van der Waals surface area contributed by atoms with Gasteiger partial charge in [-0.3, -0.25) is 14.4 Å². The van der Waals surface area contributed by atoms with Crippen LogP contribution in [-0.2, 0) is 9.59 Å². The second-order valence-corrected chi connectivity index (χ2v) is 10.1. The number of benzene rings is 2. The van der Waals surface area contributed by atoms with Crippen LogP contribution in [0.15, 0.2) is 48.5 Å². The molecule has 2 N–H and O–H groups in total.